The van der Waals surface area contributed by atoms with E-state index in [1.54, 1.807) is 4.90 Å². The summed E-state index contributed by atoms with van der Waals surface area (Å²) in [7, 11) is 1.34. The lowest BCUT2D eigenvalue weighted by Gasteiger charge is -2.21. The molecular weight excluding hydrogens is 408 g/mol. The molecule has 2 aromatic carbocycles. The van der Waals surface area contributed by atoms with Gasteiger partial charge in [-0.25, -0.2) is 4.79 Å². The summed E-state index contributed by atoms with van der Waals surface area (Å²) in [6.45, 7) is 0.746. The maximum Gasteiger partial charge on any atom is 0.332 e. The molecule has 0 aliphatic rings. The Bertz CT molecular complexity index is 1170. The summed E-state index contributed by atoms with van der Waals surface area (Å²) in [4.78, 5) is 40.3. The predicted molar refractivity (Wildman–Crippen MR) is 124 cm³/mol. The van der Waals surface area contributed by atoms with Gasteiger partial charge in [0.2, 0.25) is 0 Å². The number of benzene rings is 2. The van der Waals surface area contributed by atoms with E-state index in [1.807, 2.05) is 60.7 Å². The smallest absolute Gasteiger partial charge is 0.332 e. The van der Waals surface area contributed by atoms with Gasteiger partial charge in [-0.15, -0.1) is 0 Å². The molecule has 168 valence electrons. The van der Waals surface area contributed by atoms with E-state index in [0.29, 0.717) is 13.0 Å². The Labute approximate surface area is 186 Å². The molecule has 8 nitrogen and oxygen atoms in total. The van der Waals surface area contributed by atoms with Crippen LogP contribution in [-0.2, 0) is 20.0 Å². The molecule has 0 saturated heterocycles. The number of aliphatic hydroxyl groups is 1. The molecule has 0 atom stereocenters. The van der Waals surface area contributed by atoms with Crippen LogP contribution in [0.5, 0.6) is 0 Å². The summed E-state index contributed by atoms with van der Waals surface area (Å²) in [6, 6.07) is 19.0. The number of anilines is 1. The number of hydrogen-bond donors (Lipinski definition) is 2. The van der Waals surface area contributed by atoms with Crippen LogP contribution in [0, 0.1) is 0 Å². The van der Waals surface area contributed by atoms with Crippen LogP contribution < -0.4 is 17.0 Å². The van der Waals surface area contributed by atoms with Gasteiger partial charge in [0.15, 0.2) is 5.78 Å². The van der Waals surface area contributed by atoms with Crippen molar-refractivity contribution in [3.8, 4) is 0 Å². The molecule has 1 heterocycles. The number of ketones is 1. The molecule has 0 spiro atoms. The van der Waals surface area contributed by atoms with E-state index in [0.717, 1.165) is 15.7 Å². The Morgan fingerprint density at radius 2 is 1.56 bits per heavy atom. The first-order chi connectivity index (χ1) is 15.4. The van der Waals surface area contributed by atoms with Gasteiger partial charge in [-0.3, -0.25) is 23.6 Å². The van der Waals surface area contributed by atoms with Gasteiger partial charge in [-0.05, 0) is 17.5 Å². The third kappa shape index (κ3) is 5.40. The number of nitrogens with two attached hydrogens (primary N) is 1. The Kier molecular flexibility index (Phi) is 7.75. The number of Topliss-reactive ketones (excluding diaryl/α,β-unsaturated/α-hetero) is 1. The van der Waals surface area contributed by atoms with Gasteiger partial charge >= 0.3 is 5.69 Å². The summed E-state index contributed by atoms with van der Waals surface area (Å²) in [5, 5.41) is 9.43. The van der Waals surface area contributed by atoms with E-state index in [2.05, 4.69) is 0 Å². The van der Waals surface area contributed by atoms with Crippen molar-refractivity contribution >= 4 is 11.6 Å². The molecule has 32 heavy (non-hydrogen) atoms. The van der Waals surface area contributed by atoms with Crippen LogP contribution in [0.15, 0.2) is 70.3 Å². The second kappa shape index (κ2) is 10.7. The van der Waals surface area contributed by atoms with Gasteiger partial charge < -0.3 is 10.8 Å². The van der Waals surface area contributed by atoms with Gasteiger partial charge in [0.1, 0.15) is 11.4 Å². The van der Waals surface area contributed by atoms with Crippen molar-refractivity contribution < 1.29 is 9.90 Å². The minimum atomic E-state index is -0.714. The highest BCUT2D eigenvalue weighted by molar-refractivity contribution is 6.01. The number of nitrogen functional groups attached to an aromatic ring is 1. The molecule has 3 N–H and O–H groups in total. The van der Waals surface area contributed by atoms with Crippen LogP contribution in [0.25, 0.3) is 0 Å². The van der Waals surface area contributed by atoms with Crippen LogP contribution in [0.4, 0.5) is 5.82 Å². The number of rotatable bonds is 10. The quantitative estimate of drug-likeness (QED) is 0.457. The summed E-state index contributed by atoms with van der Waals surface area (Å²) in [5.41, 5.74) is 6.61. The SMILES string of the molecule is Cn1c(=O)c(C(=O)CN(CCO)CCc2ccccc2)c(N)n(Cc2ccccc2)c1=O. The Hall–Kier alpha value is -3.49. The first-order valence-electron chi connectivity index (χ1n) is 10.5. The summed E-state index contributed by atoms with van der Waals surface area (Å²) >= 11 is 0. The molecule has 0 fully saturated rings. The fourth-order valence-electron chi connectivity index (χ4n) is 3.59. The van der Waals surface area contributed by atoms with Crippen molar-refractivity contribution in [1.82, 2.24) is 14.0 Å². The van der Waals surface area contributed by atoms with E-state index >= 15 is 0 Å². The first-order valence-corrected chi connectivity index (χ1v) is 10.5. The summed E-state index contributed by atoms with van der Waals surface area (Å²) in [5.74, 6) is -0.620. The number of carbonyl (C=O) groups is 1. The van der Waals surface area contributed by atoms with Crippen molar-refractivity contribution in [3.63, 3.8) is 0 Å². The second-order valence-electron chi connectivity index (χ2n) is 7.64. The van der Waals surface area contributed by atoms with Crippen LogP contribution in [0.1, 0.15) is 21.5 Å². The fourth-order valence-corrected chi connectivity index (χ4v) is 3.59. The molecule has 8 heteroatoms. The summed E-state index contributed by atoms with van der Waals surface area (Å²) < 4.78 is 2.15. The molecule has 0 radical (unpaired) electrons. The van der Waals surface area contributed by atoms with Crippen LogP contribution >= 0.6 is 0 Å². The predicted octanol–water partition coefficient (Wildman–Crippen LogP) is 0.897. The highest BCUT2D eigenvalue weighted by atomic mass is 16.3. The van der Waals surface area contributed by atoms with Crippen molar-refractivity contribution in [2.45, 2.75) is 13.0 Å². The van der Waals surface area contributed by atoms with E-state index < -0.39 is 17.0 Å². The zero-order valence-corrected chi connectivity index (χ0v) is 18.1. The fraction of sp³-hybridized carbons (Fsp3) is 0.292. The molecule has 0 bridgehead atoms. The number of nitrogens with zero attached hydrogens (tertiary/aromatic N) is 3. The van der Waals surface area contributed by atoms with Crippen LogP contribution in [0.3, 0.4) is 0 Å². The van der Waals surface area contributed by atoms with Gasteiger partial charge in [-0.1, -0.05) is 60.7 Å². The largest absolute Gasteiger partial charge is 0.395 e. The molecule has 0 amide bonds. The molecule has 0 saturated carbocycles. The van der Waals surface area contributed by atoms with E-state index in [4.69, 9.17) is 5.73 Å². The Balaban J connectivity index is 1.87. The van der Waals surface area contributed by atoms with Crippen LogP contribution in [-0.4, -0.2) is 51.2 Å². The molecule has 1 aromatic heterocycles. The first kappa shape index (κ1) is 23.2. The number of aliphatic hydroxyl groups excluding tert-OH is 1. The van der Waals surface area contributed by atoms with Crippen molar-refractivity contribution in [2.24, 2.45) is 7.05 Å². The minimum absolute atomic E-state index is 0.0869. The normalized spacial score (nSPS) is 11.1. The second-order valence-corrected chi connectivity index (χ2v) is 7.64. The van der Waals surface area contributed by atoms with Gasteiger partial charge in [0.05, 0.1) is 19.7 Å². The summed E-state index contributed by atoms with van der Waals surface area (Å²) in [6.07, 6.45) is 0.690. The third-order valence-corrected chi connectivity index (χ3v) is 5.39. The molecule has 0 aliphatic carbocycles. The zero-order chi connectivity index (χ0) is 23.1. The third-order valence-electron chi connectivity index (χ3n) is 5.39. The lowest BCUT2D eigenvalue weighted by atomic mass is 10.1. The molecule has 3 rings (SSSR count). The molecule has 0 aliphatic heterocycles. The lowest BCUT2D eigenvalue weighted by Crippen LogP contribution is -2.44. The van der Waals surface area contributed by atoms with Crippen molar-refractivity contribution in [1.29, 1.82) is 0 Å². The maximum atomic E-state index is 13.1. The average molecular weight is 437 g/mol. The maximum absolute atomic E-state index is 13.1. The highest BCUT2D eigenvalue weighted by Gasteiger charge is 2.23. The van der Waals surface area contributed by atoms with E-state index in [9.17, 15) is 19.5 Å². The highest BCUT2D eigenvalue weighted by Crippen LogP contribution is 2.11. The standard InChI is InChI=1S/C24H28N4O4/c1-26-23(31)21(22(25)28(24(26)32)16-19-10-6-3-7-11-19)20(30)17-27(14-15-29)13-12-18-8-4-2-5-9-18/h2-11,29H,12-17,25H2,1H3. The average Bonchev–Trinajstić information content (AvgIpc) is 2.80. The molecule has 0 unspecified atom stereocenters. The number of hydrogen-bond acceptors (Lipinski definition) is 6. The zero-order valence-electron chi connectivity index (χ0n) is 18.1. The Morgan fingerprint density at radius 3 is 2.16 bits per heavy atom. The van der Waals surface area contributed by atoms with Crippen molar-refractivity contribution in [2.75, 3.05) is 32.0 Å². The van der Waals surface area contributed by atoms with Crippen LogP contribution in [0.2, 0.25) is 0 Å². The topological polar surface area (TPSA) is 111 Å². The minimum Gasteiger partial charge on any atom is -0.395 e. The lowest BCUT2D eigenvalue weighted by molar-refractivity contribution is 0.0913. The van der Waals surface area contributed by atoms with E-state index in [1.165, 1.54) is 11.6 Å². The van der Waals surface area contributed by atoms with Gasteiger partial charge in [0, 0.05) is 20.1 Å². The molecular formula is C24H28N4O4. The van der Waals surface area contributed by atoms with Gasteiger partial charge in [0.25, 0.3) is 5.56 Å². The monoisotopic (exact) mass is 436 g/mol. The Morgan fingerprint density at radius 1 is 0.969 bits per heavy atom. The molecule has 3 aromatic rings. The van der Waals surface area contributed by atoms with E-state index in [-0.39, 0.29) is 37.6 Å². The number of aromatic nitrogens is 2. The number of carbonyl (C=O) groups excluding carboxylic acids is 1. The van der Waals surface area contributed by atoms with Gasteiger partial charge in [-0.2, -0.15) is 0 Å². The van der Waals surface area contributed by atoms with Crippen molar-refractivity contribution in [3.05, 3.63) is 98.2 Å².